The number of hydrogen-bond donors (Lipinski definition) is 5. The van der Waals surface area contributed by atoms with Crippen LogP contribution >= 0.6 is 0 Å². The van der Waals surface area contributed by atoms with Crippen LogP contribution in [0.15, 0.2) is 39.5 Å². The maximum absolute atomic E-state index is 13.3. The molecule has 0 aliphatic carbocycles. The molecule has 5 atom stereocenters. The zero-order valence-electron chi connectivity index (χ0n) is 19.6. The predicted molar refractivity (Wildman–Crippen MR) is 124 cm³/mol. The van der Waals surface area contributed by atoms with Gasteiger partial charge < -0.3 is 53.6 Å². The van der Waals surface area contributed by atoms with E-state index >= 15 is 0 Å². The molecule has 0 radical (unpaired) electrons. The first-order valence-electron chi connectivity index (χ1n) is 10.8. The highest BCUT2D eigenvalue weighted by atomic mass is 16.7. The Balaban J connectivity index is 1.90. The summed E-state index contributed by atoms with van der Waals surface area (Å²) in [5.74, 6) is -0.738. The zero-order chi connectivity index (χ0) is 26.1. The fourth-order valence-electron chi connectivity index (χ4n) is 3.97. The van der Waals surface area contributed by atoms with Crippen LogP contribution in [0.5, 0.6) is 28.7 Å². The largest absolute Gasteiger partial charge is 0.501 e. The van der Waals surface area contributed by atoms with E-state index < -0.39 is 48.5 Å². The Morgan fingerprint density at radius 1 is 0.889 bits per heavy atom. The minimum absolute atomic E-state index is 0.150. The maximum atomic E-state index is 13.3. The molecule has 1 saturated heterocycles. The van der Waals surface area contributed by atoms with Gasteiger partial charge in [-0.2, -0.15) is 0 Å². The molecule has 0 spiro atoms. The molecule has 1 aliphatic rings. The standard InChI is InChI=1S/C24H26O12/c1-31-11-6-4-10(5-7-11)13-8-12(26)15-20(34-13)22(32-2)19(30)23(33-3)21(15)36-24-18(29)17(28)16(27)14(9-25)35-24/h4-8,14,16-18,24-25,27-30H,9H2,1-3H3/t14-,16-,17+,18+,24+/m1/s1. The number of aliphatic hydroxyl groups is 4. The summed E-state index contributed by atoms with van der Waals surface area (Å²) in [5.41, 5.74) is -0.268. The summed E-state index contributed by atoms with van der Waals surface area (Å²) in [7, 11) is 3.98. The van der Waals surface area contributed by atoms with Crippen molar-refractivity contribution in [2.24, 2.45) is 0 Å². The second kappa shape index (κ2) is 10.2. The summed E-state index contributed by atoms with van der Waals surface area (Å²) < 4.78 is 32.7. The van der Waals surface area contributed by atoms with Gasteiger partial charge >= 0.3 is 0 Å². The lowest BCUT2D eigenvalue weighted by Crippen LogP contribution is -2.60. The average molecular weight is 506 g/mol. The van der Waals surface area contributed by atoms with Crippen LogP contribution in [0.25, 0.3) is 22.3 Å². The van der Waals surface area contributed by atoms with E-state index in [-0.39, 0.29) is 34.0 Å². The number of benzene rings is 2. The first-order chi connectivity index (χ1) is 17.2. The SMILES string of the molecule is COc1ccc(-c2cc(=O)c3c(O[C@@H]4O[C@H](CO)[C@@H](O)[C@H](O)[C@@H]4O)c(OC)c(O)c(OC)c3o2)cc1. The minimum Gasteiger partial charge on any atom is -0.501 e. The number of aliphatic hydroxyl groups excluding tert-OH is 4. The summed E-state index contributed by atoms with van der Waals surface area (Å²) in [6.07, 6.45) is -8.06. The third-order valence-electron chi connectivity index (χ3n) is 5.88. The van der Waals surface area contributed by atoms with Crippen molar-refractivity contribution in [3.63, 3.8) is 0 Å². The Kier molecular flexibility index (Phi) is 7.24. The summed E-state index contributed by atoms with van der Waals surface area (Å²) >= 11 is 0. The third-order valence-corrected chi connectivity index (χ3v) is 5.88. The fraction of sp³-hybridized carbons (Fsp3) is 0.375. The molecular weight excluding hydrogens is 480 g/mol. The van der Waals surface area contributed by atoms with Gasteiger partial charge in [-0.25, -0.2) is 0 Å². The minimum atomic E-state index is -1.78. The fourth-order valence-corrected chi connectivity index (χ4v) is 3.97. The molecule has 2 heterocycles. The van der Waals surface area contributed by atoms with Gasteiger partial charge in [0.2, 0.25) is 23.5 Å². The topological polar surface area (TPSA) is 178 Å². The summed E-state index contributed by atoms with van der Waals surface area (Å²) in [6.45, 7) is -0.691. The molecule has 4 rings (SSSR count). The van der Waals surface area contributed by atoms with Crippen molar-refractivity contribution in [3.05, 3.63) is 40.6 Å². The quantitative estimate of drug-likeness (QED) is 0.298. The van der Waals surface area contributed by atoms with E-state index in [9.17, 15) is 30.3 Å². The maximum Gasteiger partial charge on any atom is 0.229 e. The second-order valence-electron chi connectivity index (χ2n) is 7.97. The van der Waals surface area contributed by atoms with Crippen molar-refractivity contribution >= 4 is 11.0 Å². The number of hydrogen-bond acceptors (Lipinski definition) is 12. The zero-order valence-corrected chi connectivity index (χ0v) is 19.6. The Morgan fingerprint density at radius 3 is 2.14 bits per heavy atom. The van der Waals surface area contributed by atoms with E-state index in [4.69, 9.17) is 28.1 Å². The van der Waals surface area contributed by atoms with Crippen LogP contribution in [0.3, 0.4) is 0 Å². The molecule has 3 aromatic rings. The van der Waals surface area contributed by atoms with Gasteiger partial charge in [-0.1, -0.05) is 0 Å². The highest BCUT2D eigenvalue weighted by Gasteiger charge is 2.45. The lowest BCUT2D eigenvalue weighted by atomic mass is 9.99. The number of aromatic hydroxyl groups is 1. The molecule has 12 heteroatoms. The van der Waals surface area contributed by atoms with E-state index in [1.54, 1.807) is 24.3 Å². The van der Waals surface area contributed by atoms with Gasteiger partial charge in [0.1, 0.15) is 41.3 Å². The van der Waals surface area contributed by atoms with Crippen LogP contribution in [0.1, 0.15) is 0 Å². The summed E-state index contributed by atoms with van der Waals surface area (Å²) in [6, 6.07) is 7.89. The summed E-state index contributed by atoms with van der Waals surface area (Å²) in [5, 5.41) is 50.7. The molecule has 36 heavy (non-hydrogen) atoms. The van der Waals surface area contributed by atoms with Crippen molar-refractivity contribution < 1.29 is 53.6 Å². The van der Waals surface area contributed by atoms with E-state index in [0.29, 0.717) is 11.3 Å². The molecule has 12 nitrogen and oxygen atoms in total. The number of ether oxygens (including phenoxy) is 5. The first kappa shape index (κ1) is 25.5. The molecule has 1 aromatic heterocycles. The number of phenolic OH excluding ortho intramolecular Hbond substituents is 1. The first-order valence-corrected chi connectivity index (χ1v) is 10.8. The van der Waals surface area contributed by atoms with Crippen LogP contribution in [0, 0.1) is 0 Å². The molecule has 0 amide bonds. The molecule has 0 saturated carbocycles. The number of methoxy groups -OCH3 is 3. The average Bonchev–Trinajstić information content (AvgIpc) is 2.88. The molecule has 0 bridgehead atoms. The molecular formula is C24H26O12. The lowest BCUT2D eigenvalue weighted by molar-refractivity contribution is -0.277. The molecule has 0 unspecified atom stereocenters. The highest BCUT2D eigenvalue weighted by molar-refractivity contribution is 5.95. The monoisotopic (exact) mass is 506 g/mol. The van der Waals surface area contributed by atoms with Crippen LogP contribution in [-0.2, 0) is 4.74 Å². The normalized spacial score (nSPS) is 23.9. The van der Waals surface area contributed by atoms with Crippen LogP contribution in [0.4, 0.5) is 0 Å². The third kappa shape index (κ3) is 4.29. The Morgan fingerprint density at radius 2 is 1.56 bits per heavy atom. The van der Waals surface area contributed by atoms with Crippen molar-refractivity contribution in [1.29, 1.82) is 0 Å². The Labute approximate surface area is 204 Å². The van der Waals surface area contributed by atoms with Crippen molar-refractivity contribution in [2.75, 3.05) is 27.9 Å². The van der Waals surface area contributed by atoms with Gasteiger partial charge in [0.15, 0.2) is 16.8 Å². The number of phenols is 1. The van der Waals surface area contributed by atoms with Gasteiger partial charge in [0.25, 0.3) is 0 Å². The number of rotatable bonds is 7. The molecule has 2 aromatic carbocycles. The van der Waals surface area contributed by atoms with Crippen LogP contribution in [-0.4, -0.2) is 84.2 Å². The Hall–Kier alpha value is -3.55. The van der Waals surface area contributed by atoms with Gasteiger partial charge in [-0.3, -0.25) is 4.79 Å². The van der Waals surface area contributed by atoms with Gasteiger partial charge in [-0.15, -0.1) is 0 Å². The molecule has 1 fully saturated rings. The second-order valence-corrected chi connectivity index (χ2v) is 7.97. The molecule has 194 valence electrons. The van der Waals surface area contributed by atoms with Crippen LogP contribution < -0.4 is 24.4 Å². The Bertz CT molecular complexity index is 1280. The summed E-state index contributed by atoms with van der Waals surface area (Å²) in [4.78, 5) is 13.3. The van der Waals surface area contributed by atoms with E-state index in [0.717, 1.165) is 0 Å². The highest BCUT2D eigenvalue weighted by Crippen LogP contribution is 2.50. The molecule has 5 N–H and O–H groups in total. The van der Waals surface area contributed by atoms with Gasteiger partial charge in [-0.05, 0) is 24.3 Å². The van der Waals surface area contributed by atoms with Crippen molar-refractivity contribution in [2.45, 2.75) is 30.7 Å². The van der Waals surface area contributed by atoms with Crippen LogP contribution in [0.2, 0.25) is 0 Å². The smallest absolute Gasteiger partial charge is 0.229 e. The lowest BCUT2D eigenvalue weighted by Gasteiger charge is -2.39. The van der Waals surface area contributed by atoms with Crippen molar-refractivity contribution in [3.8, 4) is 40.1 Å². The van der Waals surface area contributed by atoms with Gasteiger partial charge in [0, 0.05) is 11.6 Å². The van der Waals surface area contributed by atoms with E-state index in [1.165, 1.54) is 27.4 Å². The van der Waals surface area contributed by atoms with E-state index in [2.05, 4.69) is 0 Å². The van der Waals surface area contributed by atoms with Gasteiger partial charge in [0.05, 0.1) is 27.9 Å². The number of fused-ring (bicyclic) bond motifs is 1. The molecule has 1 aliphatic heterocycles. The predicted octanol–water partition coefficient (Wildman–Crippen LogP) is 0.370. The van der Waals surface area contributed by atoms with E-state index in [1.807, 2.05) is 0 Å². The van der Waals surface area contributed by atoms with Crippen molar-refractivity contribution in [1.82, 2.24) is 0 Å².